The van der Waals surface area contributed by atoms with Gasteiger partial charge in [-0.1, -0.05) is 0 Å². The van der Waals surface area contributed by atoms with Gasteiger partial charge >= 0.3 is 5.97 Å². The van der Waals surface area contributed by atoms with Crippen molar-refractivity contribution in [2.45, 2.75) is 0 Å². The number of hydrogen-bond acceptors (Lipinski definition) is 3. The number of rotatable bonds is 2. The normalized spacial score (nSPS) is 10.8. The fourth-order valence-corrected chi connectivity index (χ4v) is 2.14. The van der Waals surface area contributed by atoms with E-state index in [0.717, 1.165) is 11.1 Å². The molecule has 0 aliphatic rings. The summed E-state index contributed by atoms with van der Waals surface area (Å²) in [5.74, 6) is -0.318. The van der Waals surface area contributed by atoms with Gasteiger partial charge in [-0.25, -0.2) is 9.78 Å². The molecule has 0 saturated heterocycles. The molecule has 0 radical (unpaired) electrons. The number of carbonyl (C=O) groups is 1. The number of aromatic carboxylic acids is 1. The molecule has 6 heteroatoms. The summed E-state index contributed by atoms with van der Waals surface area (Å²) in [7, 11) is 1.84. The molecule has 2 heterocycles. The average Bonchev–Trinajstić information content (AvgIpc) is 2.76. The number of aryl methyl sites for hydroxylation is 1. The first-order valence-corrected chi connectivity index (χ1v) is 5.95. The second kappa shape index (κ2) is 4.34. The van der Waals surface area contributed by atoms with Crippen LogP contribution in [0.1, 0.15) is 10.4 Å². The molecule has 2 aromatic heterocycles. The van der Waals surface area contributed by atoms with E-state index in [4.69, 9.17) is 5.11 Å². The summed E-state index contributed by atoms with van der Waals surface area (Å²) in [6, 6.07) is 7.91. The van der Waals surface area contributed by atoms with Crippen LogP contribution in [0.5, 0.6) is 0 Å². The first-order valence-electron chi connectivity index (χ1n) is 5.95. The van der Waals surface area contributed by atoms with Gasteiger partial charge in [-0.3, -0.25) is 4.79 Å². The minimum atomic E-state index is -0.983. The number of hydrogen-bond donors (Lipinski definition) is 2. The molecule has 0 aliphatic carbocycles. The lowest BCUT2D eigenvalue weighted by Gasteiger charge is -2.01. The third-order valence-electron chi connectivity index (χ3n) is 3.17. The van der Waals surface area contributed by atoms with Crippen molar-refractivity contribution < 1.29 is 9.90 Å². The first kappa shape index (κ1) is 12.2. The number of fused-ring (bicyclic) bond motifs is 1. The van der Waals surface area contributed by atoms with E-state index in [0.29, 0.717) is 11.3 Å². The lowest BCUT2D eigenvalue weighted by molar-refractivity contribution is 0.0697. The molecule has 0 unspecified atom stereocenters. The summed E-state index contributed by atoms with van der Waals surface area (Å²) >= 11 is 0. The zero-order chi connectivity index (χ0) is 14.3. The van der Waals surface area contributed by atoms with Gasteiger partial charge in [0.25, 0.3) is 0 Å². The molecule has 0 amide bonds. The molecular weight excluding hydrogens is 258 g/mol. The van der Waals surface area contributed by atoms with Gasteiger partial charge in [0.1, 0.15) is 5.82 Å². The number of aromatic amines is 1. The first-order chi connectivity index (χ1) is 9.56. The highest BCUT2D eigenvalue weighted by molar-refractivity contribution is 5.93. The van der Waals surface area contributed by atoms with Crippen LogP contribution < -0.4 is 5.56 Å². The van der Waals surface area contributed by atoms with Crippen molar-refractivity contribution in [2.24, 2.45) is 7.05 Å². The molecule has 3 aromatic rings. The number of nitrogens with zero attached hydrogens (tertiary/aromatic N) is 2. The Labute approximate surface area is 113 Å². The average molecular weight is 269 g/mol. The molecule has 0 spiro atoms. The van der Waals surface area contributed by atoms with Crippen molar-refractivity contribution in [2.75, 3.05) is 0 Å². The largest absolute Gasteiger partial charge is 0.478 e. The van der Waals surface area contributed by atoms with Crippen LogP contribution in [-0.2, 0) is 7.05 Å². The highest BCUT2D eigenvalue weighted by Crippen LogP contribution is 2.23. The summed E-state index contributed by atoms with van der Waals surface area (Å²) in [6.07, 6.45) is 1.58. The van der Waals surface area contributed by atoms with Gasteiger partial charge in [-0.2, -0.15) is 0 Å². The summed E-state index contributed by atoms with van der Waals surface area (Å²) in [4.78, 5) is 29.1. The van der Waals surface area contributed by atoms with Crippen LogP contribution in [-0.4, -0.2) is 25.6 Å². The van der Waals surface area contributed by atoms with E-state index in [1.807, 2.05) is 11.6 Å². The third-order valence-corrected chi connectivity index (χ3v) is 3.17. The number of H-pyrrole nitrogens is 1. The number of pyridine rings is 1. The zero-order valence-corrected chi connectivity index (χ0v) is 10.6. The number of carboxylic acid groups (broad SMARTS) is 1. The van der Waals surface area contributed by atoms with E-state index in [1.165, 1.54) is 12.1 Å². The summed E-state index contributed by atoms with van der Waals surface area (Å²) in [5.41, 5.74) is 2.22. The van der Waals surface area contributed by atoms with Gasteiger partial charge in [0, 0.05) is 24.9 Å². The van der Waals surface area contributed by atoms with E-state index in [2.05, 4.69) is 9.97 Å². The Morgan fingerprint density at radius 2 is 2.10 bits per heavy atom. The molecule has 0 aliphatic heterocycles. The summed E-state index contributed by atoms with van der Waals surface area (Å²) in [6.45, 7) is 0. The number of imidazole rings is 1. The number of nitrogens with one attached hydrogen (secondary N) is 1. The van der Waals surface area contributed by atoms with Gasteiger partial charge in [0.2, 0.25) is 5.56 Å². The van der Waals surface area contributed by atoms with Crippen molar-refractivity contribution in [3.63, 3.8) is 0 Å². The molecule has 0 atom stereocenters. The van der Waals surface area contributed by atoms with Crippen LogP contribution in [0.25, 0.3) is 22.4 Å². The summed E-state index contributed by atoms with van der Waals surface area (Å²) < 4.78 is 1.86. The molecule has 0 bridgehead atoms. The van der Waals surface area contributed by atoms with Crippen molar-refractivity contribution in [3.05, 3.63) is 52.4 Å². The number of carboxylic acids is 1. The van der Waals surface area contributed by atoms with E-state index >= 15 is 0 Å². The van der Waals surface area contributed by atoms with Gasteiger partial charge in [-0.15, -0.1) is 0 Å². The van der Waals surface area contributed by atoms with Crippen LogP contribution in [0.4, 0.5) is 0 Å². The van der Waals surface area contributed by atoms with Crippen LogP contribution in [0.2, 0.25) is 0 Å². The second-order valence-corrected chi connectivity index (χ2v) is 4.44. The lowest BCUT2D eigenvalue weighted by Crippen LogP contribution is -2.02. The van der Waals surface area contributed by atoms with Crippen molar-refractivity contribution in [1.29, 1.82) is 0 Å². The van der Waals surface area contributed by atoms with E-state index < -0.39 is 5.97 Å². The quantitative estimate of drug-likeness (QED) is 0.740. The SMILES string of the molecule is Cn1c(-c2ccc(=O)[nH]c2)nc2cc(C(=O)O)ccc21. The minimum absolute atomic E-state index is 0.180. The third kappa shape index (κ3) is 1.87. The molecule has 2 N–H and O–H groups in total. The monoisotopic (exact) mass is 269 g/mol. The van der Waals surface area contributed by atoms with E-state index in [9.17, 15) is 9.59 Å². The van der Waals surface area contributed by atoms with E-state index in [-0.39, 0.29) is 11.1 Å². The molecule has 20 heavy (non-hydrogen) atoms. The highest BCUT2D eigenvalue weighted by Gasteiger charge is 2.12. The van der Waals surface area contributed by atoms with Crippen LogP contribution >= 0.6 is 0 Å². The molecule has 6 nitrogen and oxygen atoms in total. The van der Waals surface area contributed by atoms with Crippen LogP contribution in [0.3, 0.4) is 0 Å². The number of benzene rings is 1. The Kier molecular flexibility index (Phi) is 2.64. The molecular formula is C14H11N3O3. The maximum absolute atomic E-state index is 11.1. The van der Waals surface area contributed by atoms with Gasteiger partial charge in [0.15, 0.2) is 0 Å². The molecule has 1 aromatic carbocycles. The molecule has 3 rings (SSSR count). The molecule has 100 valence electrons. The predicted octanol–water partition coefficient (Wildman–Crippen LogP) is 1.63. The van der Waals surface area contributed by atoms with Crippen molar-refractivity contribution in [1.82, 2.24) is 14.5 Å². The zero-order valence-electron chi connectivity index (χ0n) is 10.6. The van der Waals surface area contributed by atoms with Crippen LogP contribution in [0, 0.1) is 0 Å². The fourth-order valence-electron chi connectivity index (χ4n) is 2.14. The van der Waals surface area contributed by atoms with Gasteiger partial charge < -0.3 is 14.7 Å². The highest BCUT2D eigenvalue weighted by atomic mass is 16.4. The topological polar surface area (TPSA) is 88.0 Å². The van der Waals surface area contributed by atoms with Gasteiger partial charge in [-0.05, 0) is 24.3 Å². The Morgan fingerprint density at radius 1 is 1.30 bits per heavy atom. The van der Waals surface area contributed by atoms with Gasteiger partial charge in [0.05, 0.1) is 16.6 Å². The minimum Gasteiger partial charge on any atom is -0.478 e. The fraction of sp³-hybridized carbons (Fsp3) is 0.0714. The molecule has 0 fully saturated rings. The second-order valence-electron chi connectivity index (χ2n) is 4.44. The maximum atomic E-state index is 11.1. The smallest absolute Gasteiger partial charge is 0.335 e. The lowest BCUT2D eigenvalue weighted by atomic mass is 10.2. The Bertz CT molecular complexity index is 856. The number of aromatic nitrogens is 3. The Morgan fingerprint density at radius 3 is 2.75 bits per heavy atom. The molecule has 0 saturated carbocycles. The Hall–Kier alpha value is -2.89. The summed E-state index contributed by atoms with van der Waals surface area (Å²) in [5, 5.41) is 8.99. The van der Waals surface area contributed by atoms with Crippen molar-refractivity contribution in [3.8, 4) is 11.4 Å². The maximum Gasteiger partial charge on any atom is 0.335 e. The Balaban J connectivity index is 2.22. The van der Waals surface area contributed by atoms with E-state index in [1.54, 1.807) is 24.4 Å². The van der Waals surface area contributed by atoms with Crippen LogP contribution in [0.15, 0.2) is 41.3 Å². The standard InChI is InChI=1S/C14H11N3O3/c1-17-11-4-2-8(14(19)20)6-10(11)16-13(17)9-3-5-12(18)15-7-9/h2-7H,1H3,(H,15,18)(H,19,20). The predicted molar refractivity (Wildman–Crippen MR) is 73.7 cm³/mol. The van der Waals surface area contributed by atoms with Crippen molar-refractivity contribution >= 4 is 17.0 Å².